The van der Waals surface area contributed by atoms with E-state index in [4.69, 9.17) is 4.74 Å². The minimum Gasteiger partial charge on any atom is -0.379 e. The second kappa shape index (κ2) is 8.79. The quantitative estimate of drug-likeness (QED) is 0.724. The Hall–Kier alpha value is -1.32. The highest BCUT2D eigenvalue weighted by molar-refractivity contribution is 9.10. The fourth-order valence-electron chi connectivity index (χ4n) is 3.09. The molecule has 1 saturated heterocycles. The minimum atomic E-state index is -3.65. The zero-order valence-electron chi connectivity index (χ0n) is 15.0. The van der Waals surface area contributed by atoms with Crippen LogP contribution < -0.4 is 4.72 Å². The number of halogens is 2. The van der Waals surface area contributed by atoms with Crippen LogP contribution in [-0.4, -0.2) is 46.2 Å². The summed E-state index contributed by atoms with van der Waals surface area (Å²) < 4.78 is 47.8. The molecule has 2 aromatic carbocycles. The summed E-state index contributed by atoms with van der Waals surface area (Å²) in [4.78, 5) is 2.38. The van der Waals surface area contributed by atoms with Crippen LogP contribution in [0, 0.1) is 12.7 Å². The number of hydrogen-bond donors (Lipinski definition) is 1. The lowest BCUT2D eigenvalue weighted by molar-refractivity contribution is 0.0172. The van der Waals surface area contributed by atoms with Crippen molar-refractivity contribution in [2.45, 2.75) is 17.9 Å². The first-order valence-corrected chi connectivity index (χ1v) is 11.0. The molecular weight excluding hydrogens is 435 g/mol. The lowest BCUT2D eigenvalue weighted by Crippen LogP contribution is -2.43. The van der Waals surface area contributed by atoms with Crippen molar-refractivity contribution in [3.8, 4) is 0 Å². The van der Waals surface area contributed by atoms with Crippen molar-refractivity contribution in [1.29, 1.82) is 0 Å². The van der Waals surface area contributed by atoms with Gasteiger partial charge >= 0.3 is 0 Å². The summed E-state index contributed by atoms with van der Waals surface area (Å²) in [6.45, 7) is 4.62. The third-order valence-electron chi connectivity index (χ3n) is 4.65. The molecule has 1 unspecified atom stereocenters. The van der Waals surface area contributed by atoms with E-state index in [9.17, 15) is 12.8 Å². The van der Waals surface area contributed by atoms with Crippen LogP contribution >= 0.6 is 15.9 Å². The normalized spacial score (nSPS) is 17.0. The maximum atomic E-state index is 13.3. The molecule has 0 aromatic heterocycles. The molecule has 27 heavy (non-hydrogen) atoms. The standard InChI is InChI=1S/C19H22BrFN2O3S/c1-14-12-17(6-7-18(14)20)27(24,25)22-13-19(23-8-10-26-11-9-23)15-2-4-16(21)5-3-15/h2-7,12,19,22H,8-11,13H2,1H3. The molecule has 0 radical (unpaired) electrons. The molecular formula is C19H22BrFN2O3S. The number of aryl methyl sites for hydroxylation is 1. The average molecular weight is 457 g/mol. The van der Waals surface area contributed by atoms with E-state index in [0.717, 1.165) is 15.6 Å². The Labute approximate surface area is 167 Å². The molecule has 1 aliphatic heterocycles. The number of benzene rings is 2. The largest absolute Gasteiger partial charge is 0.379 e. The van der Waals surface area contributed by atoms with Gasteiger partial charge in [-0.25, -0.2) is 17.5 Å². The number of hydrogen-bond acceptors (Lipinski definition) is 4. The molecule has 1 N–H and O–H groups in total. The Kier molecular flexibility index (Phi) is 6.65. The van der Waals surface area contributed by atoms with Gasteiger partial charge in [0.1, 0.15) is 5.82 Å². The Balaban J connectivity index is 1.80. The summed E-state index contributed by atoms with van der Waals surface area (Å²) in [6.07, 6.45) is 0. The molecule has 2 aromatic rings. The number of ether oxygens (including phenoxy) is 1. The number of rotatable bonds is 6. The van der Waals surface area contributed by atoms with Crippen LogP contribution in [0.25, 0.3) is 0 Å². The first-order chi connectivity index (χ1) is 12.9. The van der Waals surface area contributed by atoms with Gasteiger partial charge in [0.2, 0.25) is 10.0 Å². The van der Waals surface area contributed by atoms with Gasteiger partial charge in [-0.3, -0.25) is 4.90 Å². The van der Waals surface area contributed by atoms with E-state index in [-0.39, 0.29) is 23.3 Å². The highest BCUT2D eigenvalue weighted by atomic mass is 79.9. The molecule has 0 bridgehead atoms. The van der Waals surface area contributed by atoms with E-state index in [0.29, 0.717) is 26.3 Å². The fourth-order valence-corrected chi connectivity index (χ4v) is 4.46. The average Bonchev–Trinajstić information content (AvgIpc) is 2.66. The monoisotopic (exact) mass is 456 g/mol. The van der Waals surface area contributed by atoms with Crippen molar-refractivity contribution in [1.82, 2.24) is 9.62 Å². The van der Waals surface area contributed by atoms with Crippen molar-refractivity contribution < 1.29 is 17.5 Å². The van der Waals surface area contributed by atoms with E-state index in [1.807, 2.05) is 6.92 Å². The molecule has 0 spiro atoms. The third-order valence-corrected chi connectivity index (χ3v) is 6.96. The van der Waals surface area contributed by atoms with Gasteiger partial charge in [-0.2, -0.15) is 0 Å². The van der Waals surface area contributed by atoms with E-state index in [2.05, 4.69) is 25.6 Å². The zero-order valence-corrected chi connectivity index (χ0v) is 17.4. The van der Waals surface area contributed by atoms with Crippen molar-refractivity contribution in [2.24, 2.45) is 0 Å². The first-order valence-electron chi connectivity index (χ1n) is 8.70. The van der Waals surface area contributed by atoms with Gasteiger partial charge in [-0.05, 0) is 48.4 Å². The van der Waals surface area contributed by atoms with Crippen LogP contribution in [0.4, 0.5) is 4.39 Å². The van der Waals surface area contributed by atoms with Gasteiger partial charge in [0.05, 0.1) is 18.1 Å². The van der Waals surface area contributed by atoms with Crippen molar-refractivity contribution in [3.05, 3.63) is 63.9 Å². The Bertz CT molecular complexity index is 884. The molecule has 1 atom stereocenters. The second-order valence-electron chi connectivity index (χ2n) is 6.48. The highest BCUT2D eigenvalue weighted by Gasteiger charge is 2.25. The molecule has 0 amide bonds. The van der Waals surface area contributed by atoms with E-state index in [1.54, 1.807) is 30.3 Å². The fraction of sp³-hybridized carbons (Fsp3) is 0.368. The molecule has 1 aliphatic rings. The number of sulfonamides is 1. The number of nitrogens with zero attached hydrogens (tertiary/aromatic N) is 1. The maximum absolute atomic E-state index is 13.3. The van der Waals surface area contributed by atoms with Gasteiger partial charge in [-0.1, -0.05) is 28.1 Å². The van der Waals surface area contributed by atoms with Crippen molar-refractivity contribution in [2.75, 3.05) is 32.8 Å². The molecule has 146 valence electrons. The predicted molar refractivity (Wildman–Crippen MR) is 106 cm³/mol. The summed E-state index contributed by atoms with van der Waals surface area (Å²) in [6, 6.07) is 10.9. The number of morpholine rings is 1. The summed E-state index contributed by atoms with van der Waals surface area (Å²) >= 11 is 3.38. The van der Waals surface area contributed by atoms with Crippen LogP contribution in [0.3, 0.4) is 0 Å². The van der Waals surface area contributed by atoms with Gasteiger partial charge in [0.25, 0.3) is 0 Å². The van der Waals surface area contributed by atoms with Crippen LogP contribution in [0.5, 0.6) is 0 Å². The molecule has 1 fully saturated rings. The molecule has 5 nitrogen and oxygen atoms in total. The summed E-state index contributed by atoms with van der Waals surface area (Å²) in [5.74, 6) is -0.314. The third kappa shape index (κ3) is 5.14. The van der Waals surface area contributed by atoms with Gasteiger partial charge in [0.15, 0.2) is 0 Å². The van der Waals surface area contributed by atoms with Crippen molar-refractivity contribution in [3.63, 3.8) is 0 Å². The lowest BCUT2D eigenvalue weighted by atomic mass is 10.0. The molecule has 8 heteroatoms. The van der Waals surface area contributed by atoms with E-state index >= 15 is 0 Å². The van der Waals surface area contributed by atoms with Gasteiger partial charge < -0.3 is 4.74 Å². The molecule has 3 rings (SSSR count). The van der Waals surface area contributed by atoms with E-state index < -0.39 is 10.0 Å². The van der Waals surface area contributed by atoms with E-state index in [1.165, 1.54) is 12.1 Å². The van der Waals surface area contributed by atoms with Crippen molar-refractivity contribution >= 4 is 26.0 Å². The van der Waals surface area contributed by atoms with Gasteiger partial charge in [0, 0.05) is 30.1 Å². The van der Waals surface area contributed by atoms with Crippen LogP contribution in [0.2, 0.25) is 0 Å². The van der Waals surface area contributed by atoms with Crippen LogP contribution in [0.1, 0.15) is 17.2 Å². The second-order valence-corrected chi connectivity index (χ2v) is 9.10. The summed E-state index contributed by atoms with van der Waals surface area (Å²) in [7, 11) is -3.65. The molecule has 0 aliphatic carbocycles. The lowest BCUT2D eigenvalue weighted by Gasteiger charge is -2.34. The summed E-state index contributed by atoms with van der Waals surface area (Å²) in [5, 5.41) is 0. The Morgan fingerprint density at radius 3 is 2.48 bits per heavy atom. The van der Waals surface area contributed by atoms with Crippen LogP contribution in [-0.2, 0) is 14.8 Å². The smallest absolute Gasteiger partial charge is 0.240 e. The van der Waals surface area contributed by atoms with Gasteiger partial charge in [-0.15, -0.1) is 0 Å². The highest BCUT2D eigenvalue weighted by Crippen LogP contribution is 2.24. The SMILES string of the molecule is Cc1cc(S(=O)(=O)NCC(c2ccc(F)cc2)N2CCOCC2)ccc1Br. The first kappa shape index (κ1) is 20.4. The predicted octanol–water partition coefficient (Wildman–Crippen LogP) is 3.25. The Morgan fingerprint density at radius 2 is 1.85 bits per heavy atom. The van der Waals surface area contributed by atoms with Crippen LogP contribution in [0.15, 0.2) is 51.8 Å². The number of nitrogens with one attached hydrogen (secondary N) is 1. The minimum absolute atomic E-state index is 0.194. The maximum Gasteiger partial charge on any atom is 0.240 e. The topological polar surface area (TPSA) is 58.6 Å². The summed E-state index contributed by atoms with van der Waals surface area (Å²) in [5.41, 5.74) is 1.72. The molecule has 1 heterocycles. The zero-order chi connectivity index (χ0) is 19.4. The molecule has 0 saturated carbocycles. The Morgan fingerprint density at radius 1 is 1.19 bits per heavy atom.